The van der Waals surface area contributed by atoms with Crippen molar-refractivity contribution >= 4 is 23.6 Å². The molecule has 0 radical (unpaired) electrons. The summed E-state index contributed by atoms with van der Waals surface area (Å²) in [6, 6.07) is 19.2. The van der Waals surface area contributed by atoms with Crippen LogP contribution in [-0.2, 0) is 16.1 Å². The van der Waals surface area contributed by atoms with Gasteiger partial charge in [0.25, 0.3) is 0 Å². The molecular formula is C19H20N2O2S. The highest BCUT2D eigenvalue weighted by atomic mass is 32.2. The minimum absolute atomic E-state index is 0.0753. The largest absolute Gasteiger partial charge is 0.350 e. The van der Waals surface area contributed by atoms with E-state index in [1.165, 1.54) is 6.92 Å². The summed E-state index contributed by atoms with van der Waals surface area (Å²) in [6.07, 6.45) is 0. The number of rotatable bonds is 4. The van der Waals surface area contributed by atoms with Crippen LogP contribution in [0, 0.1) is 0 Å². The maximum atomic E-state index is 12.6. The van der Waals surface area contributed by atoms with Gasteiger partial charge < -0.3 is 10.2 Å². The minimum Gasteiger partial charge on any atom is -0.350 e. The molecule has 5 heteroatoms. The maximum absolute atomic E-state index is 12.6. The molecule has 2 unspecified atom stereocenters. The van der Waals surface area contributed by atoms with Gasteiger partial charge in [-0.05, 0) is 11.1 Å². The second kappa shape index (κ2) is 7.53. The van der Waals surface area contributed by atoms with E-state index in [0.29, 0.717) is 12.3 Å². The molecule has 2 aromatic rings. The topological polar surface area (TPSA) is 49.4 Å². The number of benzene rings is 2. The van der Waals surface area contributed by atoms with Crippen LogP contribution in [0.4, 0.5) is 0 Å². The first kappa shape index (κ1) is 16.6. The summed E-state index contributed by atoms with van der Waals surface area (Å²) in [5.41, 5.74) is 2.10. The molecule has 2 atom stereocenters. The predicted molar refractivity (Wildman–Crippen MR) is 96.2 cm³/mol. The van der Waals surface area contributed by atoms with Crippen LogP contribution in [-0.4, -0.2) is 28.5 Å². The van der Waals surface area contributed by atoms with Crippen molar-refractivity contribution in [3.63, 3.8) is 0 Å². The monoisotopic (exact) mass is 340 g/mol. The molecule has 124 valence electrons. The number of carbonyl (C=O) groups excluding carboxylic acids is 2. The first-order chi connectivity index (χ1) is 11.7. The molecule has 4 nitrogen and oxygen atoms in total. The van der Waals surface area contributed by atoms with Crippen molar-refractivity contribution in [1.82, 2.24) is 10.2 Å². The Morgan fingerprint density at radius 3 is 2.33 bits per heavy atom. The number of carbonyl (C=O) groups is 2. The number of thioether (sulfide) groups is 1. The second-order valence-electron chi connectivity index (χ2n) is 5.74. The molecule has 1 saturated heterocycles. The van der Waals surface area contributed by atoms with Gasteiger partial charge in [0.15, 0.2) is 0 Å². The molecule has 1 aliphatic rings. The van der Waals surface area contributed by atoms with Crippen LogP contribution in [0.25, 0.3) is 0 Å². The van der Waals surface area contributed by atoms with E-state index in [4.69, 9.17) is 0 Å². The zero-order chi connectivity index (χ0) is 16.9. The summed E-state index contributed by atoms with van der Waals surface area (Å²) in [5.74, 6) is 0.438. The third-order valence-corrected chi connectivity index (χ3v) is 5.38. The van der Waals surface area contributed by atoms with E-state index in [1.807, 2.05) is 60.7 Å². The van der Waals surface area contributed by atoms with E-state index in [2.05, 4.69) is 5.32 Å². The van der Waals surface area contributed by atoms with E-state index in [0.717, 1.165) is 11.1 Å². The fourth-order valence-corrected chi connectivity index (χ4v) is 4.35. The third-order valence-electron chi connectivity index (χ3n) is 4.06. The number of hydrogen-bond acceptors (Lipinski definition) is 3. The van der Waals surface area contributed by atoms with Gasteiger partial charge in [0.2, 0.25) is 11.8 Å². The maximum Gasteiger partial charge on any atom is 0.243 e. The van der Waals surface area contributed by atoms with Gasteiger partial charge in [0.1, 0.15) is 11.4 Å². The van der Waals surface area contributed by atoms with E-state index < -0.39 is 6.04 Å². The Kier molecular flexibility index (Phi) is 5.20. The Hall–Kier alpha value is -2.27. The molecule has 24 heavy (non-hydrogen) atoms. The van der Waals surface area contributed by atoms with Crippen LogP contribution in [0.2, 0.25) is 0 Å². The van der Waals surface area contributed by atoms with Gasteiger partial charge >= 0.3 is 0 Å². The molecule has 0 saturated carbocycles. The Morgan fingerprint density at radius 2 is 1.71 bits per heavy atom. The van der Waals surface area contributed by atoms with Crippen molar-refractivity contribution < 1.29 is 9.59 Å². The average molecular weight is 340 g/mol. The number of nitrogens with one attached hydrogen (secondary N) is 1. The fraction of sp³-hybridized carbons (Fsp3) is 0.263. The Balaban J connectivity index is 1.70. The highest BCUT2D eigenvalue weighted by Crippen LogP contribution is 2.41. The van der Waals surface area contributed by atoms with Gasteiger partial charge in [-0.1, -0.05) is 60.7 Å². The van der Waals surface area contributed by atoms with Crippen LogP contribution in [0.5, 0.6) is 0 Å². The zero-order valence-corrected chi connectivity index (χ0v) is 14.3. The van der Waals surface area contributed by atoms with Crippen LogP contribution in [0.1, 0.15) is 23.4 Å². The lowest BCUT2D eigenvalue weighted by Crippen LogP contribution is -2.47. The molecule has 0 spiro atoms. The summed E-state index contributed by atoms with van der Waals surface area (Å²) in [6.45, 7) is 2.00. The summed E-state index contributed by atoms with van der Waals surface area (Å²) >= 11 is 1.63. The highest BCUT2D eigenvalue weighted by Gasteiger charge is 2.40. The molecule has 1 N–H and O–H groups in total. The van der Waals surface area contributed by atoms with E-state index in [9.17, 15) is 9.59 Å². The third kappa shape index (κ3) is 3.62. The summed E-state index contributed by atoms with van der Waals surface area (Å²) in [4.78, 5) is 26.4. The Labute approximate surface area is 146 Å². The predicted octanol–water partition coefficient (Wildman–Crippen LogP) is 2.97. The quantitative estimate of drug-likeness (QED) is 0.931. The van der Waals surface area contributed by atoms with Crippen molar-refractivity contribution in [3.8, 4) is 0 Å². The number of amides is 2. The molecule has 1 heterocycles. The van der Waals surface area contributed by atoms with Gasteiger partial charge in [0.05, 0.1) is 0 Å². The fourth-order valence-electron chi connectivity index (χ4n) is 2.87. The lowest BCUT2D eigenvalue weighted by Gasteiger charge is -2.27. The van der Waals surface area contributed by atoms with Crippen molar-refractivity contribution in [1.29, 1.82) is 0 Å². The Morgan fingerprint density at radius 1 is 1.08 bits per heavy atom. The van der Waals surface area contributed by atoms with E-state index in [1.54, 1.807) is 16.7 Å². The van der Waals surface area contributed by atoms with Gasteiger partial charge in [-0.2, -0.15) is 0 Å². The minimum atomic E-state index is -0.429. The van der Waals surface area contributed by atoms with Crippen molar-refractivity contribution in [2.45, 2.75) is 24.9 Å². The molecule has 0 aromatic heterocycles. The van der Waals surface area contributed by atoms with Crippen molar-refractivity contribution in [3.05, 3.63) is 71.8 Å². The first-order valence-corrected chi connectivity index (χ1v) is 8.99. The molecule has 0 bridgehead atoms. The molecule has 0 aliphatic carbocycles. The van der Waals surface area contributed by atoms with Crippen LogP contribution < -0.4 is 5.32 Å². The van der Waals surface area contributed by atoms with Crippen LogP contribution in [0.15, 0.2) is 60.7 Å². The number of hydrogen-bond donors (Lipinski definition) is 1. The van der Waals surface area contributed by atoms with Crippen LogP contribution >= 0.6 is 11.8 Å². The average Bonchev–Trinajstić information content (AvgIpc) is 3.07. The van der Waals surface area contributed by atoms with E-state index in [-0.39, 0.29) is 17.2 Å². The molecule has 2 aromatic carbocycles. The lowest BCUT2D eigenvalue weighted by molar-refractivity contribution is -0.138. The van der Waals surface area contributed by atoms with Gasteiger partial charge in [-0.3, -0.25) is 9.59 Å². The molecule has 1 aliphatic heterocycles. The van der Waals surface area contributed by atoms with E-state index >= 15 is 0 Å². The number of nitrogens with zero attached hydrogens (tertiary/aromatic N) is 1. The second-order valence-corrected chi connectivity index (χ2v) is 6.86. The molecule has 2 amide bonds. The summed E-state index contributed by atoms with van der Waals surface area (Å²) in [5, 5.41) is 2.85. The van der Waals surface area contributed by atoms with Gasteiger partial charge in [0, 0.05) is 19.2 Å². The van der Waals surface area contributed by atoms with Gasteiger partial charge in [-0.15, -0.1) is 11.8 Å². The SMILES string of the molecule is CC(=O)N1C(C(=O)NCc2ccccc2)CSC1c1ccccc1. The van der Waals surface area contributed by atoms with Gasteiger partial charge in [-0.25, -0.2) is 0 Å². The molecule has 3 rings (SSSR count). The smallest absolute Gasteiger partial charge is 0.243 e. The van der Waals surface area contributed by atoms with Crippen molar-refractivity contribution in [2.24, 2.45) is 0 Å². The zero-order valence-electron chi connectivity index (χ0n) is 13.5. The lowest BCUT2D eigenvalue weighted by atomic mass is 10.1. The first-order valence-electron chi connectivity index (χ1n) is 7.94. The standard InChI is InChI=1S/C19H20N2O2S/c1-14(22)21-17(13-24-19(21)16-10-6-3-7-11-16)18(23)20-12-15-8-4-2-5-9-15/h2-11,17,19H,12-13H2,1H3,(H,20,23). The highest BCUT2D eigenvalue weighted by molar-refractivity contribution is 7.99. The van der Waals surface area contributed by atoms with Crippen LogP contribution in [0.3, 0.4) is 0 Å². The summed E-state index contributed by atoms with van der Waals surface area (Å²) < 4.78 is 0. The molecule has 1 fully saturated rings. The van der Waals surface area contributed by atoms with Crippen molar-refractivity contribution in [2.75, 3.05) is 5.75 Å². The Bertz CT molecular complexity index is 706. The summed E-state index contributed by atoms with van der Waals surface area (Å²) in [7, 11) is 0. The normalized spacial score (nSPS) is 20.0. The molecular weight excluding hydrogens is 320 g/mol.